The molecule has 0 spiro atoms. The molecule has 0 aliphatic carbocycles. The summed E-state index contributed by atoms with van der Waals surface area (Å²) < 4.78 is 44.4. The maximum absolute atomic E-state index is 12.9. The van der Waals surface area contributed by atoms with Crippen LogP contribution < -0.4 is 5.32 Å². The zero-order chi connectivity index (χ0) is 24.7. The van der Waals surface area contributed by atoms with Crippen LogP contribution in [0.3, 0.4) is 0 Å². The molecule has 4 aromatic rings. The molecule has 0 saturated heterocycles. The number of rotatable bonds is 5. The van der Waals surface area contributed by atoms with Crippen LogP contribution in [0.2, 0.25) is 0 Å². The topological polar surface area (TPSA) is 84.1 Å². The second kappa shape index (κ2) is 8.57. The summed E-state index contributed by atoms with van der Waals surface area (Å²) in [4.78, 5) is 13.1. The van der Waals surface area contributed by atoms with Crippen LogP contribution in [0.4, 0.5) is 24.8 Å². The van der Waals surface area contributed by atoms with Crippen LogP contribution in [-0.2, 0) is 11.8 Å². The molecule has 4 rings (SSSR count). The van der Waals surface area contributed by atoms with E-state index < -0.39 is 17.3 Å². The largest absolute Gasteiger partial charge is 0.441 e. The number of alkyl halides is 3. The van der Waals surface area contributed by atoms with Gasteiger partial charge in [-0.2, -0.15) is 13.2 Å². The van der Waals surface area contributed by atoms with Crippen molar-refractivity contribution in [3.63, 3.8) is 0 Å². The maximum Gasteiger partial charge on any atom is 0.416 e. The molecule has 0 atom stereocenters. The number of aliphatic hydroxyl groups is 1. The van der Waals surface area contributed by atoms with Gasteiger partial charge in [0.2, 0.25) is 5.95 Å². The molecule has 0 aliphatic rings. The summed E-state index contributed by atoms with van der Waals surface area (Å²) in [5, 5.41) is 13.6. The van der Waals surface area contributed by atoms with Crippen LogP contribution in [0.1, 0.15) is 36.7 Å². The number of anilines is 2. The van der Waals surface area contributed by atoms with Gasteiger partial charge in [-0.3, -0.25) is 0 Å². The predicted molar refractivity (Wildman–Crippen MR) is 122 cm³/mol. The molecular weight excluding hydrogens is 445 g/mol. The Kier molecular flexibility index (Phi) is 5.91. The molecular formula is C25H23F3N4O2. The summed E-state index contributed by atoms with van der Waals surface area (Å²) in [6.45, 7) is 6.81. The van der Waals surface area contributed by atoms with Crippen molar-refractivity contribution < 1.29 is 22.7 Å². The fourth-order valence-electron chi connectivity index (χ4n) is 3.43. The molecule has 176 valence electrons. The Bertz CT molecular complexity index is 1310. The number of hydrogen-bond acceptors (Lipinski definition) is 6. The summed E-state index contributed by atoms with van der Waals surface area (Å²) in [7, 11) is 0. The highest BCUT2D eigenvalue weighted by molar-refractivity contribution is 5.66. The van der Waals surface area contributed by atoms with Gasteiger partial charge < -0.3 is 14.8 Å². The fourth-order valence-corrected chi connectivity index (χ4v) is 3.43. The Morgan fingerprint density at radius 3 is 2.00 bits per heavy atom. The average Bonchev–Trinajstić information content (AvgIpc) is 3.11. The lowest BCUT2D eigenvalue weighted by Crippen LogP contribution is -2.19. The van der Waals surface area contributed by atoms with Gasteiger partial charge in [-0.25, -0.2) is 15.0 Å². The zero-order valence-electron chi connectivity index (χ0n) is 19.0. The second-order valence-corrected chi connectivity index (χ2v) is 8.45. The molecule has 0 fully saturated rings. The third-order valence-electron chi connectivity index (χ3n) is 5.17. The quantitative estimate of drug-likeness (QED) is 0.352. The van der Waals surface area contributed by atoms with E-state index in [-0.39, 0.29) is 5.95 Å². The molecule has 0 saturated carbocycles. The monoisotopic (exact) mass is 468 g/mol. The van der Waals surface area contributed by atoms with Crippen LogP contribution >= 0.6 is 0 Å². The van der Waals surface area contributed by atoms with Crippen LogP contribution in [-0.4, -0.2) is 20.1 Å². The van der Waals surface area contributed by atoms with E-state index in [0.717, 1.165) is 23.4 Å². The maximum atomic E-state index is 12.9. The van der Waals surface area contributed by atoms with Gasteiger partial charge in [-0.1, -0.05) is 12.1 Å². The van der Waals surface area contributed by atoms with Crippen LogP contribution in [0.15, 0.2) is 59.0 Å². The summed E-state index contributed by atoms with van der Waals surface area (Å²) in [6, 6.07) is 13.6. The van der Waals surface area contributed by atoms with E-state index in [1.54, 1.807) is 26.8 Å². The van der Waals surface area contributed by atoms with Gasteiger partial charge in [0.15, 0.2) is 11.7 Å². The number of nitrogens with zero attached hydrogens (tertiary/aromatic N) is 3. The van der Waals surface area contributed by atoms with Crippen molar-refractivity contribution >= 4 is 11.6 Å². The first-order valence-corrected chi connectivity index (χ1v) is 10.5. The molecule has 0 bridgehead atoms. The van der Waals surface area contributed by atoms with Gasteiger partial charge in [0.1, 0.15) is 5.60 Å². The van der Waals surface area contributed by atoms with Crippen molar-refractivity contribution in [2.45, 2.75) is 39.5 Å². The van der Waals surface area contributed by atoms with Crippen molar-refractivity contribution in [2.24, 2.45) is 0 Å². The van der Waals surface area contributed by atoms with Crippen LogP contribution in [0.5, 0.6) is 0 Å². The summed E-state index contributed by atoms with van der Waals surface area (Å²) in [5.74, 6) is 1.48. The van der Waals surface area contributed by atoms with E-state index in [9.17, 15) is 18.3 Å². The molecule has 9 heteroatoms. The van der Waals surface area contributed by atoms with Crippen molar-refractivity contribution in [3.8, 4) is 22.6 Å². The SMILES string of the molecule is Cc1nc(C)c(-c2ccc(Nc3nc(-c4ccc(C(F)(F)F)cc4)cc(C(C)(C)O)n3)cc2)o1. The van der Waals surface area contributed by atoms with Crippen molar-refractivity contribution in [3.05, 3.63) is 77.4 Å². The molecule has 2 aromatic heterocycles. The number of hydrogen-bond donors (Lipinski definition) is 2. The second-order valence-electron chi connectivity index (χ2n) is 8.45. The fraction of sp³-hybridized carbons (Fsp3) is 0.240. The predicted octanol–water partition coefficient (Wildman–Crippen LogP) is 6.41. The van der Waals surface area contributed by atoms with E-state index in [1.807, 2.05) is 31.2 Å². The lowest BCUT2D eigenvalue weighted by molar-refractivity contribution is -0.137. The van der Waals surface area contributed by atoms with Gasteiger partial charge in [0.05, 0.1) is 22.6 Å². The minimum atomic E-state index is -4.43. The molecule has 0 aliphatic heterocycles. The van der Waals surface area contributed by atoms with Gasteiger partial charge in [-0.15, -0.1) is 0 Å². The Morgan fingerprint density at radius 2 is 1.47 bits per heavy atom. The molecule has 0 unspecified atom stereocenters. The number of oxazole rings is 1. The van der Waals surface area contributed by atoms with Crippen molar-refractivity contribution in [2.75, 3.05) is 5.32 Å². The highest BCUT2D eigenvalue weighted by Gasteiger charge is 2.30. The Balaban J connectivity index is 1.66. The van der Waals surface area contributed by atoms with Gasteiger partial charge in [0.25, 0.3) is 0 Å². The molecule has 2 aromatic carbocycles. The molecule has 0 amide bonds. The van der Waals surface area contributed by atoms with Gasteiger partial charge in [0, 0.05) is 23.7 Å². The van der Waals surface area contributed by atoms with E-state index in [2.05, 4.69) is 20.3 Å². The van der Waals surface area contributed by atoms with E-state index in [1.165, 1.54) is 12.1 Å². The van der Waals surface area contributed by atoms with E-state index >= 15 is 0 Å². The first kappa shape index (κ1) is 23.4. The zero-order valence-corrected chi connectivity index (χ0v) is 19.0. The van der Waals surface area contributed by atoms with Crippen molar-refractivity contribution in [1.29, 1.82) is 0 Å². The van der Waals surface area contributed by atoms with E-state index in [0.29, 0.717) is 34.3 Å². The third-order valence-corrected chi connectivity index (χ3v) is 5.17. The molecule has 2 N–H and O–H groups in total. The smallest absolute Gasteiger partial charge is 0.416 e. The number of halogens is 3. The lowest BCUT2D eigenvalue weighted by Gasteiger charge is -2.19. The van der Waals surface area contributed by atoms with Crippen LogP contribution in [0, 0.1) is 13.8 Å². The first-order chi connectivity index (χ1) is 15.9. The highest BCUT2D eigenvalue weighted by atomic mass is 19.4. The van der Waals surface area contributed by atoms with Gasteiger partial charge in [-0.05, 0) is 63.2 Å². The molecule has 34 heavy (non-hydrogen) atoms. The van der Waals surface area contributed by atoms with E-state index in [4.69, 9.17) is 4.42 Å². The molecule has 6 nitrogen and oxygen atoms in total. The molecule has 0 radical (unpaired) electrons. The minimum absolute atomic E-state index is 0.203. The molecule has 2 heterocycles. The lowest BCUT2D eigenvalue weighted by atomic mass is 10.0. The Labute approximate surface area is 194 Å². The van der Waals surface area contributed by atoms with Crippen molar-refractivity contribution in [1.82, 2.24) is 15.0 Å². The number of aryl methyl sites for hydroxylation is 2. The third kappa shape index (κ3) is 5.09. The highest BCUT2D eigenvalue weighted by Crippen LogP contribution is 2.32. The Morgan fingerprint density at radius 1 is 0.853 bits per heavy atom. The number of benzene rings is 2. The van der Waals surface area contributed by atoms with Crippen LogP contribution in [0.25, 0.3) is 22.6 Å². The number of nitrogens with one attached hydrogen (secondary N) is 1. The number of aromatic nitrogens is 3. The summed E-state index contributed by atoms with van der Waals surface area (Å²) in [5.41, 5.74) is 1.48. The Hall–Kier alpha value is -3.72. The average molecular weight is 468 g/mol. The first-order valence-electron chi connectivity index (χ1n) is 10.5. The summed E-state index contributed by atoms with van der Waals surface area (Å²) >= 11 is 0. The summed E-state index contributed by atoms with van der Waals surface area (Å²) in [6.07, 6.45) is -4.43. The standard InChI is InChI=1S/C25H23F3N4O2/c1-14-22(34-15(2)29-14)17-7-11-19(12-8-17)30-23-31-20(13-21(32-23)24(3,4)33)16-5-9-18(10-6-16)25(26,27)28/h5-13,33H,1-4H3,(H,30,31,32). The minimum Gasteiger partial charge on any atom is -0.441 e. The van der Waals surface area contributed by atoms with Gasteiger partial charge >= 0.3 is 6.18 Å². The normalized spacial score (nSPS) is 12.1.